The number of aryl methyl sites for hydroxylation is 4. The molecule has 0 unspecified atom stereocenters. The van der Waals surface area contributed by atoms with E-state index in [0.29, 0.717) is 0 Å². The summed E-state index contributed by atoms with van der Waals surface area (Å²) in [7, 11) is 6.59. The fraction of sp³-hybridized carbons (Fsp3) is 0.280. The zero-order valence-electron chi connectivity index (χ0n) is 38.5. The summed E-state index contributed by atoms with van der Waals surface area (Å²) < 4.78 is 21.2. The Kier molecular flexibility index (Phi) is 16.5. The molecule has 9 aromatic rings. The largest absolute Gasteiger partial charge is 0.493 e. The minimum atomic E-state index is 0.746. The molecule has 6 heterocycles. The van der Waals surface area contributed by atoms with Crippen LogP contribution in [0.1, 0.15) is 44.1 Å². The average molecular weight is 942 g/mol. The molecule has 0 atom stereocenters. The maximum Gasteiger partial charge on any atom is 0.160 e. The summed E-state index contributed by atoms with van der Waals surface area (Å²) in [5.74, 6) is 6.50. The summed E-state index contributed by atoms with van der Waals surface area (Å²) in [6, 6.07) is 28.8. The van der Waals surface area contributed by atoms with Gasteiger partial charge < -0.3 is 34.9 Å². The Morgan fingerprint density at radius 1 is 0.485 bits per heavy atom. The van der Waals surface area contributed by atoms with Gasteiger partial charge in [-0.1, -0.05) is 49.4 Å². The molecule has 342 valence electrons. The van der Waals surface area contributed by atoms with E-state index >= 15 is 0 Å². The molecule has 0 amide bonds. The van der Waals surface area contributed by atoms with Crippen LogP contribution in [0.4, 0.5) is 17.5 Å². The van der Waals surface area contributed by atoms with E-state index in [4.69, 9.17) is 18.9 Å². The monoisotopic (exact) mass is 941 g/mol. The van der Waals surface area contributed by atoms with Gasteiger partial charge in [-0.25, -0.2) is 29.9 Å². The Morgan fingerprint density at radius 3 is 1.58 bits per heavy atom. The van der Waals surface area contributed by atoms with Gasteiger partial charge in [0.05, 0.1) is 44.6 Å². The van der Waals surface area contributed by atoms with Gasteiger partial charge in [0.15, 0.2) is 23.0 Å². The van der Waals surface area contributed by atoms with E-state index < -0.39 is 0 Å². The summed E-state index contributed by atoms with van der Waals surface area (Å²) in [5, 5.41) is 13.5. The second-order valence-electron chi connectivity index (χ2n) is 15.1. The summed E-state index contributed by atoms with van der Waals surface area (Å²) >= 11 is 5.12. The molecule has 13 nitrogen and oxygen atoms in total. The number of benzene rings is 3. The van der Waals surface area contributed by atoms with E-state index in [-0.39, 0.29) is 0 Å². The normalized spacial score (nSPS) is 10.8. The highest BCUT2D eigenvalue weighted by atomic mass is 32.1. The molecule has 9 rings (SSSR count). The molecular weight excluding hydrogens is 887 g/mol. The Labute approximate surface area is 397 Å². The minimum Gasteiger partial charge on any atom is -0.493 e. The molecule has 0 aliphatic rings. The van der Waals surface area contributed by atoms with Crippen molar-refractivity contribution in [1.29, 1.82) is 0 Å². The summed E-state index contributed by atoms with van der Waals surface area (Å²) in [4.78, 5) is 33.3. The van der Waals surface area contributed by atoms with Crippen molar-refractivity contribution in [3.63, 3.8) is 0 Å². The van der Waals surface area contributed by atoms with Gasteiger partial charge in [0.1, 0.15) is 50.4 Å². The third-order valence-corrected chi connectivity index (χ3v) is 13.5. The van der Waals surface area contributed by atoms with Crippen molar-refractivity contribution in [3.8, 4) is 23.0 Å². The first-order valence-electron chi connectivity index (χ1n) is 21.5. The van der Waals surface area contributed by atoms with Crippen LogP contribution < -0.4 is 34.9 Å². The number of nitrogens with zero attached hydrogens (tertiary/aromatic N) is 6. The zero-order valence-corrected chi connectivity index (χ0v) is 41.0. The van der Waals surface area contributed by atoms with Crippen molar-refractivity contribution < 1.29 is 18.9 Å². The van der Waals surface area contributed by atoms with Crippen LogP contribution >= 0.6 is 34.0 Å². The maximum absolute atomic E-state index is 5.35. The second-order valence-corrected chi connectivity index (χ2v) is 18.7. The Bertz CT molecular complexity index is 2990. The smallest absolute Gasteiger partial charge is 0.160 e. The van der Waals surface area contributed by atoms with Crippen molar-refractivity contribution in [2.45, 2.75) is 53.5 Å². The molecule has 0 aliphatic heterocycles. The lowest BCUT2D eigenvalue weighted by molar-refractivity contribution is 0.354. The van der Waals surface area contributed by atoms with Gasteiger partial charge in [-0.3, -0.25) is 0 Å². The molecule has 16 heteroatoms. The highest BCUT2D eigenvalue weighted by Crippen LogP contribution is 2.32. The zero-order chi connectivity index (χ0) is 46.4. The van der Waals surface area contributed by atoms with Crippen molar-refractivity contribution in [3.05, 3.63) is 135 Å². The van der Waals surface area contributed by atoms with Gasteiger partial charge in [-0.05, 0) is 99.2 Å². The Morgan fingerprint density at radius 2 is 1.00 bits per heavy atom. The van der Waals surface area contributed by atoms with E-state index in [2.05, 4.69) is 103 Å². The average Bonchev–Trinajstić information content (AvgIpc) is 4.07. The molecule has 66 heavy (non-hydrogen) atoms. The molecule has 3 N–H and O–H groups in total. The van der Waals surface area contributed by atoms with Crippen molar-refractivity contribution in [2.75, 3.05) is 57.5 Å². The van der Waals surface area contributed by atoms with Gasteiger partial charge in [-0.2, -0.15) is 0 Å². The molecule has 0 saturated heterocycles. The second kappa shape index (κ2) is 23.0. The summed E-state index contributed by atoms with van der Waals surface area (Å²) in [6.07, 6.45) is 6.02. The number of ether oxygens (including phenoxy) is 4. The van der Waals surface area contributed by atoms with Gasteiger partial charge in [0, 0.05) is 34.3 Å². The van der Waals surface area contributed by atoms with Crippen LogP contribution in [-0.2, 0) is 25.8 Å². The fourth-order valence-electron chi connectivity index (χ4n) is 7.13. The number of hydrogen-bond donors (Lipinski definition) is 3. The number of hydrogen-bond acceptors (Lipinski definition) is 16. The number of anilines is 3. The molecular formula is C50H55N9O4S3. The van der Waals surface area contributed by atoms with E-state index in [1.807, 2.05) is 55.5 Å². The Balaban J connectivity index is 0.000000148. The minimum absolute atomic E-state index is 0.746. The first kappa shape index (κ1) is 47.3. The number of nitrogens with one attached hydrogen (secondary N) is 3. The van der Waals surface area contributed by atoms with Crippen LogP contribution in [0.5, 0.6) is 23.0 Å². The first-order valence-corrected chi connectivity index (χ1v) is 24.0. The van der Waals surface area contributed by atoms with E-state index in [0.717, 1.165) is 116 Å². The third kappa shape index (κ3) is 12.2. The number of methoxy groups -OCH3 is 4. The molecule has 0 aliphatic carbocycles. The molecule has 0 spiro atoms. The molecule has 3 aromatic carbocycles. The number of rotatable bonds is 16. The fourth-order valence-corrected chi connectivity index (χ4v) is 9.83. The predicted molar refractivity (Wildman–Crippen MR) is 273 cm³/mol. The topological polar surface area (TPSA) is 150 Å². The molecule has 0 bridgehead atoms. The standard InChI is InChI=1S/C18H21N3O2S.C17H19N3O2S.C15H15N3S/c1-11-9-14-17(20-12(2)21-18(14)24-11)19-8-7-13-5-6-15(22-3)16(10-13)23-4;1-11-8-13-16(19-10-20-17(13)23-11)18-7-6-12-4-5-14(21-2)15(9-12)22-3;1-2-12-8-13-14(17-10-18-15(13)19-12)16-9-11-6-4-3-5-7-11/h5-6,9-10H,7-8H2,1-4H3,(H,19,20,21);4-5,8-10H,6-7H2,1-3H3,(H,18,19,20);3-8,10H,2,9H2,1H3,(H,16,17,18). The van der Waals surface area contributed by atoms with Crippen LogP contribution in [0.15, 0.2) is 97.6 Å². The number of aromatic nitrogens is 6. The van der Waals surface area contributed by atoms with Gasteiger partial charge in [0.25, 0.3) is 0 Å². The predicted octanol–water partition coefficient (Wildman–Crippen LogP) is 11.5. The van der Waals surface area contributed by atoms with Gasteiger partial charge >= 0.3 is 0 Å². The first-order chi connectivity index (χ1) is 32.2. The highest BCUT2D eigenvalue weighted by Gasteiger charge is 2.12. The number of thiophene rings is 3. The summed E-state index contributed by atoms with van der Waals surface area (Å²) in [5.41, 5.74) is 3.62. The lowest BCUT2D eigenvalue weighted by Crippen LogP contribution is -2.08. The molecule has 0 saturated carbocycles. The highest BCUT2D eigenvalue weighted by molar-refractivity contribution is 7.19. The SMILES string of the molecule is CCc1cc2c(NCc3ccccc3)ncnc2s1.COc1ccc(CCNc2nc(C)nc3sc(C)cc23)cc1OC.COc1ccc(CCNc2ncnc3sc(C)cc23)cc1OC. The van der Waals surface area contributed by atoms with Crippen LogP contribution in [0.3, 0.4) is 0 Å². The third-order valence-electron chi connectivity index (χ3n) is 10.4. The van der Waals surface area contributed by atoms with Crippen molar-refractivity contribution in [2.24, 2.45) is 0 Å². The van der Waals surface area contributed by atoms with Crippen molar-refractivity contribution >= 4 is 82.1 Å². The maximum atomic E-state index is 5.35. The number of fused-ring (bicyclic) bond motifs is 3. The quantitative estimate of drug-likeness (QED) is 0.0844. The van der Waals surface area contributed by atoms with E-state index in [1.165, 1.54) is 31.3 Å². The lowest BCUT2D eigenvalue weighted by Gasteiger charge is -2.11. The molecule has 0 fully saturated rings. The summed E-state index contributed by atoms with van der Waals surface area (Å²) in [6.45, 7) is 10.6. The molecule has 0 radical (unpaired) electrons. The Hall–Kier alpha value is -6.62. The molecule has 6 aromatic heterocycles. The van der Waals surface area contributed by atoms with Crippen molar-refractivity contribution in [1.82, 2.24) is 29.9 Å². The lowest BCUT2D eigenvalue weighted by atomic mass is 10.1. The van der Waals surface area contributed by atoms with E-state index in [9.17, 15) is 0 Å². The van der Waals surface area contributed by atoms with Gasteiger partial charge in [0.2, 0.25) is 0 Å². The van der Waals surface area contributed by atoms with E-state index in [1.54, 1.807) is 75.1 Å². The van der Waals surface area contributed by atoms with Crippen LogP contribution in [0.25, 0.3) is 30.6 Å². The van der Waals surface area contributed by atoms with Crippen LogP contribution in [0, 0.1) is 20.8 Å². The van der Waals surface area contributed by atoms with Gasteiger partial charge in [-0.15, -0.1) is 34.0 Å². The van der Waals surface area contributed by atoms with Crippen LogP contribution in [-0.4, -0.2) is 71.4 Å². The van der Waals surface area contributed by atoms with Crippen LogP contribution in [0.2, 0.25) is 0 Å².